The molecule has 0 spiro atoms. The van der Waals surface area contributed by atoms with E-state index in [0.29, 0.717) is 36.6 Å². The van der Waals surface area contributed by atoms with E-state index in [4.69, 9.17) is 9.47 Å². The summed E-state index contributed by atoms with van der Waals surface area (Å²) in [7, 11) is 1.58. The molecule has 2 N–H and O–H groups in total. The molecule has 1 amide bonds. The Morgan fingerprint density at radius 1 is 1.12 bits per heavy atom. The van der Waals surface area contributed by atoms with E-state index in [-0.39, 0.29) is 54.5 Å². The zero-order chi connectivity index (χ0) is 29.4. The van der Waals surface area contributed by atoms with E-state index in [1.807, 2.05) is 32.0 Å². The molecule has 0 unspecified atom stereocenters. The Bertz CT molecular complexity index is 1370. The Morgan fingerprint density at radius 2 is 1.95 bits per heavy atom. The van der Waals surface area contributed by atoms with Crippen molar-refractivity contribution in [2.45, 2.75) is 64.8 Å². The molecular weight excluding hydrogens is 522 g/mol. The first-order chi connectivity index (χ1) is 19.7. The fourth-order valence-corrected chi connectivity index (χ4v) is 5.47. The second kappa shape index (κ2) is 14.1. The van der Waals surface area contributed by atoms with Gasteiger partial charge in [0, 0.05) is 47.8 Å². The number of rotatable bonds is 14. The maximum absolute atomic E-state index is 13.6. The monoisotopic (exact) mass is 561 g/mol. The minimum Gasteiger partial charge on any atom is -0.496 e. The number of Topliss-reactive ketones (excluding diaryl/α,β-unsaturated/α-hetero) is 3. The molecule has 0 bridgehead atoms. The second-order valence-electron chi connectivity index (χ2n) is 11.2. The van der Waals surface area contributed by atoms with Crippen LogP contribution in [0.25, 0.3) is 10.9 Å². The van der Waals surface area contributed by atoms with Crippen LogP contribution in [0.15, 0.2) is 48.7 Å². The summed E-state index contributed by atoms with van der Waals surface area (Å²) in [6.07, 6.45) is 5.18. The SMILES string of the molecule is COc1cccc2[nH]c(C(=O)C[C@@H](CC(C)C)C(=O)N[C@@H](C[C@@H]3CCCCC3=O)C(=O)COc3ccccn3)cc12. The molecule has 1 aromatic carbocycles. The van der Waals surface area contributed by atoms with Crippen molar-refractivity contribution < 1.29 is 28.7 Å². The van der Waals surface area contributed by atoms with Gasteiger partial charge in [-0.1, -0.05) is 32.4 Å². The van der Waals surface area contributed by atoms with E-state index in [9.17, 15) is 19.2 Å². The molecule has 1 aliphatic carbocycles. The molecular formula is C32H39N3O6. The number of ether oxygens (including phenoxy) is 2. The number of carbonyl (C=O) groups is 4. The molecule has 2 aromatic heterocycles. The number of fused-ring (bicyclic) bond motifs is 1. The average Bonchev–Trinajstić information content (AvgIpc) is 3.41. The number of carbonyl (C=O) groups excluding carboxylic acids is 4. The lowest BCUT2D eigenvalue weighted by Crippen LogP contribution is -2.47. The number of hydrogen-bond acceptors (Lipinski definition) is 7. The van der Waals surface area contributed by atoms with E-state index in [1.54, 1.807) is 37.6 Å². The van der Waals surface area contributed by atoms with Crippen LogP contribution in [0.3, 0.4) is 0 Å². The molecule has 0 radical (unpaired) electrons. The minimum atomic E-state index is -0.902. The molecule has 3 aromatic rings. The maximum atomic E-state index is 13.6. The molecule has 0 aliphatic heterocycles. The molecule has 2 heterocycles. The minimum absolute atomic E-state index is 0.0210. The van der Waals surface area contributed by atoms with Crippen molar-refractivity contribution in [2.24, 2.45) is 17.8 Å². The molecule has 1 saturated carbocycles. The number of ketones is 3. The van der Waals surface area contributed by atoms with Crippen LogP contribution < -0.4 is 14.8 Å². The van der Waals surface area contributed by atoms with Gasteiger partial charge in [0.15, 0.2) is 18.2 Å². The van der Waals surface area contributed by atoms with E-state index < -0.39 is 12.0 Å². The first-order valence-electron chi connectivity index (χ1n) is 14.3. The number of methoxy groups -OCH3 is 1. The van der Waals surface area contributed by atoms with Gasteiger partial charge in [0.1, 0.15) is 11.5 Å². The molecule has 1 fully saturated rings. The molecule has 218 valence electrons. The van der Waals surface area contributed by atoms with Crippen LogP contribution >= 0.6 is 0 Å². The lowest BCUT2D eigenvalue weighted by molar-refractivity contribution is -0.133. The highest BCUT2D eigenvalue weighted by Crippen LogP contribution is 2.28. The van der Waals surface area contributed by atoms with Gasteiger partial charge in [-0.3, -0.25) is 19.2 Å². The highest BCUT2D eigenvalue weighted by atomic mass is 16.5. The van der Waals surface area contributed by atoms with Crippen molar-refractivity contribution in [1.82, 2.24) is 15.3 Å². The Labute approximate surface area is 240 Å². The Hall–Kier alpha value is -4.01. The number of aromatic nitrogens is 2. The zero-order valence-electron chi connectivity index (χ0n) is 24.0. The Balaban J connectivity index is 1.50. The van der Waals surface area contributed by atoms with Crippen molar-refractivity contribution in [2.75, 3.05) is 13.7 Å². The summed E-state index contributed by atoms with van der Waals surface area (Å²) in [6, 6.07) is 11.5. The molecule has 9 heteroatoms. The van der Waals surface area contributed by atoms with Crippen LogP contribution in [0.2, 0.25) is 0 Å². The first-order valence-corrected chi connectivity index (χ1v) is 14.3. The lowest BCUT2D eigenvalue weighted by atomic mass is 9.82. The quantitative estimate of drug-likeness (QED) is 0.263. The largest absolute Gasteiger partial charge is 0.496 e. The van der Waals surface area contributed by atoms with Crippen molar-refractivity contribution in [3.05, 3.63) is 54.4 Å². The normalized spacial score (nSPS) is 16.8. The summed E-state index contributed by atoms with van der Waals surface area (Å²) in [5, 5.41) is 3.70. The van der Waals surface area contributed by atoms with Gasteiger partial charge in [0.25, 0.3) is 0 Å². The van der Waals surface area contributed by atoms with Gasteiger partial charge in [0.05, 0.1) is 18.8 Å². The summed E-state index contributed by atoms with van der Waals surface area (Å²) < 4.78 is 11.0. The number of nitrogens with one attached hydrogen (secondary N) is 2. The van der Waals surface area contributed by atoms with Gasteiger partial charge in [-0.25, -0.2) is 4.98 Å². The van der Waals surface area contributed by atoms with Crippen LogP contribution in [0.5, 0.6) is 11.6 Å². The van der Waals surface area contributed by atoms with Gasteiger partial charge in [-0.05, 0) is 55.9 Å². The van der Waals surface area contributed by atoms with Gasteiger partial charge < -0.3 is 19.8 Å². The number of H-pyrrole nitrogens is 1. The van der Waals surface area contributed by atoms with Gasteiger partial charge >= 0.3 is 0 Å². The topological polar surface area (TPSA) is 127 Å². The van der Waals surface area contributed by atoms with Crippen molar-refractivity contribution >= 4 is 34.2 Å². The predicted octanol–water partition coefficient (Wildman–Crippen LogP) is 5.09. The number of hydrogen-bond donors (Lipinski definition) is 2. The lowest BCUT2D eigenvalue weighted by Gasteiger charge is -2.27. The number of pyridine rings is 1. The molecule has 41 heavy (non-hydrogen) atoms. The summed E-state index contributed by atoms with van der Waals surface area (Å²) in [5.74, 6) is -0.629. The third kappa shape index (κ3) is 8.02. The molecule has 1 aliphatic rings. The number of benzene rings is 1. The highest BCUT2D eigenvalue weighted by molar-refractivity contribution is 6.02. The van der Waals surface area contributed by atoms with Crippen molar-refractivity contribution in [3.63, 3.8) is 0 Å². The number of nitrogens with zero attached hydrogens (tertiary/aromatic N) is 1. The predicted molar refractivity (Wildman–Crippen MR) is 155 cm³/mol. The van der Waals surface area contributed by atoms with E-state index in [2.05, 4.69) is 15.3 Å². The second-order valence-corrected chi connectivity index (χ2v) is 11.2. The molecule has 3 atom stereocenters. The highest BCUT2D eigenvalue weighted by Gasteiger charge is 2.33. The summed E-state index contributed by atoms with van der Waals surface area (Å²) >= 11 is 0. The fourth-order valence-electron chi connectivity index (χ4n) is 5.47. The zero-order valence-corrected chi connectivity index (χ0v) is 24.0. The van der Waals surface area contributed by atoms with Crippen molar-refractivity contribution in [1.29, 1.82) is 0 Å². The van der Waals surface area contributed by atoms with Crippen LogP contribution in [0, 0.1) is 17.8 Å². The summed E-state index contributed by atoms with van der Waals surface area (Å²) in [6.45, 7) is 3.69. The van der Waals surface area contributed by atoms with Gasteiger partial charge in [0.2, 0.25) is 11.8 Å². The summed E-state index contributed by atoms with van der Waals surface area (Å²) in [4.78, 5) is 60.1. The van der Waals surface area contributed by atoms with Crippen LogP contribution in [0.1, 0.15) is 69.3 Å². The first kappa shape index (κ1) is 30.0. The van der Waals surface area contributed by atoms with E-state index in [1.165, 1.54) is 0 Å². The van der Waals surface area contributed by atoms with Crippen LogP contribution in [-0.2, 0) is 14.4 Å². The third-order valence-electron chi connectivity index (χ3n) is 7.61. The number of aromatic amines is 1. The van der Waals surface area contributed by atoms with Crippen LogP contribution in [-0.4, -0.2) is 53.0 Å². The van der Waals surface area contributed by atoms with Gasteiger partial charge in [-0.2, -0.15) is 0 Å². The van der Waals surface area contributed by atoms with E-state index >= 15 is 0 Å². The average molecular weight is 562 g/mol. The smallest absolute Gasteiger partial charge is 0.224 e. The number of amides is 1. The summed E-state index contributed by atoms with van der Waals surface area (Å²) in [5.41, 5.74) is 1.17. The third-order valence-corrected chi connectivity index (χ3v) is 7.61. The van der Waals surface area contributed by atoms with E-state index in [0.717, 1.165) is 23.7 Å². The maximum Gasteiger partial charge on any atom is 0.224 e. The van der Waals surface area contributed by atoms with Gasteiger partial charge in [-0.15, -0.1) is 0 Å². The molecule has 9 nitrogen and oxygen atoms in total. The fraction of sp³-hybridized carbons (Fsp3) is 0.469. The molecule has 4 rings (SSSR count). The Kier molecular flexibility index (Phi) is 10.3. The standard InChI is InChI=1S/C32H39N3O6/c1-20(2)15-22(17-28(37)26-18-23-24(34-26)10-8-12-30(23)40-3)32(39)35-25(16-21-9-4-5-11-27(21)36)29(38)19-41-31-13-6-7-14-33-31/h6-8,10,12-14,18,20-22,25,34H,4-5,9,11,15-17,19H2,1-3H3,(H,35,39)/t21-,22+,25-/m0/s1. The van der Waals surface area contributed by atoms with Crippen molar-refractivity contribution in [3.8, 4) is 11.6 Å². The van der Waals surface area contributed by atoms with Crippen LogP contribution in [0.4, 0.5) is 0 Å². The Morgan fingerprint density at radius 3 is 2.66 bits per heavy atom. The molecule has 0 saturated heterocycles.